The van der Waals surface area contributed by atoms with Crippen molar-refractivity contribution in [3.05, 3.63) is 132 Å². The van der Waals surface area contributed by atoms with Crippen LogP contribution in [-0.4, -0.2) is 56.2 Å². The molecule has 0 aliphatic heterocycles. The summed E-state index contributed by atoms with van der Waals surface area (Å²) in [4.78, 5) is 0. The SMILES string of the molecule is C=C.C=C.C=C.C=C.C=C.C=C.C=C.C=C.C=C.C=C.CCCCC(CC)COS(=O)(=O)[O-].CCOCC.OCCO.[Na+]. The van der Waals surface area contributed by atoms with E-state index in [0.717, 1.165) is 38.9 Å². The first kappa shape index (κ1) is 90.0. The molecule has 0 aromatic heterocycles. The third kappa shape index (κ3) is 338. The monoisotopic (exact) mass is 648 g/mol. The quantitative estimate of drug-likeness (QED) is 0.117. The van der Waals surface area contributed by atoms with E-state index in [1.165, 1.54) is 0 Å². The van der Waals surface area contributed by atoms with Gasteiger partial charge >= 0.3 is 29.6 Å². The minimum absolute atomic E-state index is 0. The molecule has 0 rings (SSSR count). The summed E-state index contributed by atoms with van der Waals surface area (Å²) in [5, 5.41) is 15.2. The molecule has 0 heterocycles. The van der Waals surface area contributed by atoms with Crippen LogP contribution >= 0.6 is 0 Å². The molecular weight excluding hydrogens is 575 g/mol. The Kier molecular flexibility index (Phi) is 391. The van der Waals surface area contributed by atoms with Crippen LogP contribution in [0.5, 0.6) is 0 Å². The van der Waals surface area contributed by atoms with Gasteiger partial charge in [0.25, 0.3) is 0 Å². The van der Waals surface area contributed by atoms with Gasteiger partial charge in [-0.3, -0.25) is 4.18 Å². The number of aliphatic hydroxyl groups excluding tert-OH is 2. The fourth-order valence-electron chi connectivity index (χ4n) is 1.28. The molecule has 9 heteroatoms. The number of rotatable bonds is 10. The van der Waals surface area contributed by atoms with Gasteiger partial charge in [0.2, 0.25) is 10.4 Å². The molecule has 0 saturated heterocycles. The molecule has 0 bridgehead atoms. The summed E-state index contributed by atoms with van der Waals surface area (Å²) in [7, 11) is -4.50. The third-order valence-electron chi connectivity index (χ3n) is 2.50. The molecule has 1 atom stereocenters. The van der Waals surface area contributed by atoms with Gasteiger partial charge in [0.15, 0.2) is 0 Å². The van der Waals surface area contributed by atoms with Gasteiger partial charge in [-0.1, -0.05) is 33.1 Å². The van der Waals surface area contributed by atoms with Gasteiger partial charge in [-0.15, -0.1) is 132 Å². The average molecular weight is 649 g/mol. The smallest absolute Gasteiger partial charge is 0.726 e. The van der Waals surface area contributed by atoms with Gasteiger partial charge in [0.05, 0.1) is 19.8 Å². The van der Waals surface area contributed by atoms with Crippen LogP contribution < -0.4 is 29.6 Å². The predicted octanol–water partition coefficient (Wildman–Crippen LogP) is 6.72. The predicted molar refractivity (Wildman–Crippen MR) is 198 cm³/mol. The first-order chi connectivity index (χ1) is 20.3. The van der Waals surface area contributed by atoms with E-state index in [1.54, 1.807) is 0 Å². The second-order valence-electron chi connectivity index (χ2n) is 4.34. The topological polar surface area (TPSA) is 116 Å². The summed E-state index contributed by atoms with van der Waals surface area (Å²) < 4.78 is 39.5. The fourth-order valence-corrected chi connectivity index (χ4v) is 1.64. The molecule has 0 fully saturated rings. The van der Waals surface area contributed by atoms with Crippen LogP contribution in [0.25, 0.3) is 0 Å². The number of hydrogen-bond acceptors (Lipinski definition) is 7. The van der Waals surface area contributed by atoms with Crippen LogP contribution in [0.2, 0.25) is 0 Å². The normalized spacial score (nSPS) is 6.95. The average Bonchev–Trinajstić information content (AvgIpc) is 3.10. The van der Waals surface area contributed by atoms with Crippen molar-refractivity contribution < 1.29 is 61.7 Å². The van der Waals surface area contributed by atoms with E-state index in [2.05, 4.69) is 143 Å². The largest absolute Gasteiger partial charge is 1.00 e. The Balaban J connectivity index is -0.0000000200. The van der Waals surface area contributed by atoms with Crippen molar-refractivity contribution in [1.82, 2.24) is 0 Å². The van der Waals surface area contributed by atoms with Crippen molar-refractivity contribution in [2.75, 3.05) is 33.0 Å². The van der Waals surface area contributed by atoms with Crippen LogP contribution in [0.1, 0.15) is 53.4 Å². The summed E-state index contributed by atoms with van der Waals surface area (Å²) >= 11 is 0. The molecule has 0 amide bonds. The number of unbranched alkanes of at least 4 members (excludes halogenated alkanes) is 1. The van der Waals surface area contributed by atoms with Crippen LogP contribution in [0, 0.1) is 5.92 Å². The first-order valence-corrected chi connectivity index (χ1v) is 14.1. The van der Waals surface area contributed by atoms with E-state index in [1.807, 2.05) is 20.8 Å². The standard InChI is InChI=1S/C8H18O4S.C4H10O.C2H6O2.10C2H4.Na/c1-3-5-6-8(4-2)7-12-13(9,10)11;1-3-5-4-2;3-1-2-4;10*1-2;/h8H,3-7H2,1-2H3,(H,9,10,11);3-4H2,1-2H3;3-4H,1-2H2;10*1-2H2;/q;;;;;;;;;;;;;+1/p-1. The van der Waals surface area contributed by atoms with Crippen molar-refractivity contribution in [3.8, 4) is 0 Å². The molecule has 2 N–H and O–H groups in total. The van der Waals surface area contributed by atoms with Crippen molar-refractivity contribution in [2.45, 2.75) is 53.4 Å². The van der Waals surface area contributed by atoms with E-state index in [-0.39, 0.29) is 55.3 Å². The Morgan fingerprint density at radius 3 is 0.977 bits per heavy atom. The maximum absolute atomic E-state index is 10.1. The second kappa shape index (κ2) is 187. The summed E-state index contributed by atoms with van der Waals surface area (Å²) in [5.41, 5.74) is 0. The summed E-state index contributed by atoms with van der Waals surface area (Å²) in [6, 6.07) is 0. The van der Waals surface area contributed by atoms with Gasteiger partial charge in [0.1, 0.15) is 0 Å². The van der Waals surface area contributed by atoms with Crippen molar-refractivity contribution >= 4 is 10.4 Å². The number of hydrogen-bond donors (Lipinski definition) is 2. The third-order valence-corrected chi connectivity index (χ3v) is 2.92. The molecule has 43 heavy (non-hydrogen) atoms. The minimum atomic E-state index is -4.50. The van der Waals surface area contributed by atoms with Crippen molar-refractivity contribution in [3.63, 3.8) is 0 Å². The molecule has 7 nitrogen and oxygen atoms in total. The molecule has 0 aromatic rings. The van der Waals surface area contributed by atoms with Crippen LogP contribution in [0.4, 0.5) is 0 Å². The molecule has 0 aromatic carbocycles. The molecular formula is C34H73NaO7S. The maximum atomic E-state index is 10.1. The molecule has 0 saturated carbocycles. The summed E-state index contributed by atoms with van der Waals surface area (Å²) in [6.45, 7) is 69.5. The summed E-state index contributed by atoms with van der Waals surface area (Å²) in [6.07, 6.45) is 3.87. The van der Waals surface area contributed by atoms with Crippen LogP contribution in [0.15, 0.2) is 132 Å². The maximum Gasteiger partial charge on any atom is 1.00 e. The van der Waals surface area contributed by atoms with Crippen molar-refractivity contribution in [2.24, 2.45) is 5.92 Å². The van der Waals surface area contributed by atoms with Crippen LogP contribution in [0.3, 0.4) is 0 Å². The van der Waals surface area contributed by atoms with Gasteiger partial charge in [0, 0.05) is 13.2 Å². The second-order valence-corrected chi connectivity index (χ2v) is 5.39. The Morgan fingerprint density at radius 2 is 0.860 bits per heavy atom. The van der Waals surface area contributed by atoms with Gasteiger partial charge in [-0.05, 0) is 26.2 Å². The fraction of sp³-hybridized carbons (Fsp3) is 0.412. The molecule has 0 aliphatic carbocycles. The number of aliphatic hydroxyl groups is 2. The van der Waals surface area contributed by atoms with Gasteiger partial charge < -0.3 is 19.5 Å². The zero-order valence-corrected chi connectivity index (χ0v) is 32.2. The Morgan fingerprint density at radius 1 is 0.605 bits per heavy atom. The van der Waals surface area contributed by atoms with Crippen molar-refractivity contribution in [1.29, 1.82) is 0 Å². The van der Waals surface area contributed by atoms with Gasteiger partial charge in [-0.25, -0.2) is 8.42 Å². The molecule has 258 valence electrons. The zero-order chi connectivity index (χ0) is 37.9. The Hall–Kier alpha value is -1.85. The van der Waals surface area contributed by atoms with Crippen LogP contribution in [-0.2, 0) is 19.3 Å². The molecule has 1 unspecified atom stereocenters. The first-order valence-electron chi connectivity index (χ1n) is 12.7. The van der Waals surface area contributed by atoms with E-state index in [9.17, 15) is 13.0 Å². The van der Waals surface area contributed by atoms with E-state index in [0.29, 0.717) is 0 Å². The zero-order valence-electron chi connectivity index (χ0n) is 29.4. The molecule has 0 spiro atoms. The van der Waals surface area contributed by atoms with Gasteiger partial charge in [-0.2, -0.15) is 0 Å². The van der Waals surface area contributed by atoms with E-state index >= 15 is 0 Å². The number of ether oxygens (including phenoxy) is 1. The molecule has 0 radical (unpaired) electrons. The molecule has 0 aliphatic rings. The summed E-state index contributed by atoms with van der Waals surface area (Å²) in [5.74, 6) is 0.184. The van der Waals surface area contributed by atoms with E-state index in [4.69, 9.17) is 14.9 Å². The van der Waals surface area contributed by atoms with E-state index < -0.39 is 10.4 Å². The Labute approximate surface area is 294 Å². The minimum Gasteiger partial charge on any atom is -0.726 e. The Bertz CT molecular complexity index is 390.